The molecule has 0 unspecified atom stereocenters. The molecular weight excluding hydrogens is 264 g/mol. The van der Waals surface area contributed by atoms with Crippen LogP contribution in [0.5, 0.6) is 0 Å². The zero-order chi connectivity index (χ0) is 13.7. The van der Waals surface area contributed by atoms with Crippen molar-refractivity contribution >= 4 is 17.4 Å². The van der Waals surface area contributed by atoms with E-state index in [0.717, 1.165) is 44.8 Å². The summed E-state index contributed by atoms with van der Waals surface area (Å²) in [6.45, 7) is 3.53. The summed E-state index contributed by atoms with van der Waals surface area (Å²) in [5.74, 6) is 6.71. The lowest BCUT2D eigenvalue weighted by Gasteiger charge is -2.27. The van der Waals surface area contributed by atoms with E-state index in [1.807, 2.05) is 6.07 Å². The van der Waals surface area contributed by atoms with E-state index in [2.05, 4.69) is 22.4 Å². The minimum absolute atomic E-state index is 0.638. The lowest BCUT2D eigenvalue weighted by Crippen LogP contribution is -2.29. The van der Waals surface area contributed by atoms with Gasteiger partial charge in [-0.3, -0.25) is 0 Å². The van der Waals surface area contributed by atoms with Crippen molar-refractivity contribution < 1.29 is 4.74 Å². The van der Waals surface area contributed by atoms with E-state index in [4.69, 9.17) is 22.2 Å². The van der Waals surface area contributed by atoms with E-state index in [-0.39, 0.29) is 0 Å². The molecule has 1 saturated heterocycles. The number of nitrogens with zero attached hydrogens (tertiary/aromatic N) is 2. The maximum Gasteiger partial charge on any atom is 0.140 e. The predicted molar refractivity (Wildman–Crippen MR) is 76.9 cm³/mol. The molecule has 0 aliphatic carbocycles. The summed E-state index contributed by atoms with van der Waals surface area (Å²) in [5.41, 5.74) is 3.40. The fourth-order valence-corrected chi connectivity index (χ4v) is 2.53. The van der Waals surface area contributed by atoms with Gasteiger partial charge in [0.1, 0.15) is 5.82 Å². The number of nitrogen functional groups attached to an aromatic ring is 1. The van der Waals surface area contributed by atoms with Crippen molar-refractivity contribution in [3.63, 3.8) is 0 Å². The number of rotatable bonds is 5. The van der Waals surface area contributed by atoms with Gasteiger partial charge in [0.05, 0.1) is 10.7 Å². The van der Waals surface area contributed by atoms with Gasteiger partial charge in [-0.05, 0) is 37.9 Å². The Kier molecular flexibility index (Phi) is 5.39. The van der Waals surface area contributed by atoms with Gasteiger partial charge in [0, 0.05) is 26.3 Å². The summed E-state index contributed by atoms with van der Waals surface area (Å²) in [5, 5.41) is 0.679. The molecule has 6 heteroatoms. The molecular formula is C13H21ClN4O. The van der Waals surface area contributed by atoms with Gasteiger partial charge in [0.15, 0.2) is 0 Å². The summed E-state index contributed by atoms with van der Waals surface area (Å²) in [6, 6.07) is 3.59. The topological polar surface area (TPSA) is 63.4 Å². The first-order valence-corrected chi connectivity index (χ1v) is 6.95. The van der Waals surface area contributed by atoms with Gasteiger partial charge < -0.3 is 15.1 Å². The van der Waals surface area contributed by atoms with Crippen molar-refractivity contribution in [2.45, 2.75) is 19.4 Å². The molecule has 106 valence electrons. The molecule has 3 N–H and O–H groups in total. The Labute approximate surface area is 119 Å². The van der Waals surface area contributed by atoms with Crippen LogP contribution in [0.4, 0.5) is 5.82 Å². The highest BCUT2D eigenvalue weighted by Crippen LogP contribution is 2.20. The second kappa shape index (κ2) is 7.05. The molecule has 1 aliphatic rings. The van der Waals surface area contributed by atoms with E-state index in [1.165, 1.54) is 0 Å². The molecule has 5 nitrogen and oxygen atoms in total. The van der Waals surface area contributed by atoms with Gasteiger partial charge in [-0.15, -0.1) is 0 Å². The molecule has 19 heavy (non-hydrogen) atoms. The van der Waals surface area contributed by atoms with Crippen molar-refractivity contribution in [3.8, 4) is 0 Å². The second-order valence-electron chi connectivity index (χ2n) is 5.02. The first-order chi connectivity index (χ1) is 9.19. The lowest BCUT2D eigenvalue weighted by molar-refractivity contribution is 0.0548. The molecule has 0 spiro atoms. The van der Waals surface area contributed by atoms with Crippen molar-refractivity contribution in [3.05, 3.63) is 22.8 Å². The van der Waals surface area contributed by atoms with E-state index < -0.39 is 0 Å². The van der Waals surface area contributed by atoms with Crippen LogP contribution in [-0.2, 0) is 11.3 Å². The van der Waals surface area contributed by atoms with Crippen molar-refractivity contribution in [1.82, 2.24) is 9.88 Å². The highest BCUT2D eigenvalue weighted by molar-refractivity contribution is 6.31. The third-order valence-electron chi connectivity index (χ3n) is 3.40. The van der Waals surface area contributed by atoms with Gasteiger partial charge >= 0.3 is 0 Å². The molecule has 0 bridgehead atoms. The van der Waals surface area contributed by atoms with E-state index in [1.54, 1.807) is 6.07 Å². The number of ether oxygens (including phenoxy) is 1. The summed E-state index contributed by atoms with van der Waals surface area (Å²) in [6.07, 6.45) is 2.27. The van der Waals surface area contributed by atoms with Crippen molar-refractivity contribution in [1.29, 1.82) is 0 Å². The largest absolute Gasteiger partial charge is 0.381 e. The molecule has 0 amide bonds. The number of halogens is 1. The van der Waals surface area contributed by atoms with Crippen LogP contribution in [0.2, 0.25) is 5.02 Å². The van der Waals surface area contributed by atoms with Gasteiger partial charge in [-0.1, -0.05) is 11.6 Å². The summed E-state index contributed by atoms with van der Waals surface area (Å²) >= 11 is 6.16. The molecule has 1 fully saturated rings. The van der Waals surface area contributed by atoms with Gasteiger partial charge in [0.25, 0.3) is 0 Å². The second-order valence-corrected chi connectivity index (χ2v) is 5.43. The number of nitrogens with one attached hydrogen (secondary N) is 1. The zero-order valence-corrected chi connectivity index (χ0v) is 12.0. The summed E-state index contributed by atoms with van der Waals surface area (Å²) in [7, 11) is 2.09. The SMILES string of the molecule is CN(Cc1nc(NN)ccc1Cl)CC1CCOCC1. The minimum atomic E-state index is 0.638. The van der Waals surface area contributed by atoms with Crippen LogP contribution in [0.25, 0.3) is 0 Å². The molecule has 0 aromatic carbocycles. The molecule has 0 saturated carbocycles. The Morgan fingerprint density at radius 1 is 1.47 bits per heavy atom. The number of pyridine rings is 1. The standard InChI is InChI=1S/C13H21ClN4O/c1-18(8-10-4-6-19-7-5-10)9-12-11(14)2-3-13(16-12)17-15/h2-3,10H,4-9,15H2,1H3,(H,16,17). The average molecular weight is 285 g/mol. The average Bonchev–Trinajstić information content (AvgIpc) is 2.42. The van der Waals surface area contributed by atoms with Crippen LogP contribution in [0.3, 0.4) is 0 Å². The minimum Gasteiger partial charge on any atom is -0.381 e. The predicted octanol–water partition coefficient (Wildman–Crippen LogP) is 1.88. The molecule has 2 heterocycles. The fraction of sp³-hybridized carbons (Fsp3) is 0.615. The van der Waals surface area contributed by atoms with Crippen molar-refractivity contribution in [2.24, 2.45) is 11.8 Å². The summed E-state index contributed by atoms with van der Waals surface area (Å²) in [4.78, 5) is 6.64. The van der Waals surface area contributed by atoms with Gasteiger partial charge in [-0.2, -0.15) is 0 Å². The first-order valence-electron chi connectivity index (χ1n) is 6.57. The Balaban J connectivity index is 1.92. The van der Waals surface area contributed by atoms with Crippen LogP contribution >= 0.6 is 11.6 Å². The Hall–Kier alpha value is -0.880. The van der Waals surface area contributed by atoms with Crippen molar-refractivity contribution in [2.75, 3.05) is 32.2 Å². The van der Waals surface area contributed by atoms with Crippen LogP contribution in [-0.4, -0.2) is 36.7 Å². The maximum absolute atomic E-state index is 6.16. The third kappa shape index (κ3) is 4.31. The Morgan fingerprint density at radius 2 is 2.21 bits per heavy atom. The number of hydrogen-bond donors (Lipinski definition) is 2. The molecule has 1 aromatic heterocycles. The Bertz CT molecular complexity index is 410. The number of nitrogens with two attached hydrogens (primary N) is 1. The highest BCUT2D eigenvalue weighted by atomic mass is 35.5. The maximum atomic E-state index is 6.16. The Morgan fingerprint density at radius 3 is 2.89 bits per heavy atom. The number of anilines is 1. The molecule has 0 atom stereocenters. The van der Waals surface area contributed by atoms with E-state index in [9.17, 15) is 0 Å². The van der Waals surface area contributed by atoms with Crippen LogP contribution in [0, 0.1) is 5.92 Å². The number of hydrazine groups is 1. The van der Waals surface area contributed by atoms with Crippen LogP contribution in [0.1, 0.15) is 18.5 Å². The van der Waals surface area contributed by atoms with Gasteiger partial charge in [0.2, 0.25) is 0 Å². The first kappa shape index (κ1) is 14.5. The van der Waals surface area contributed by atoms with Gasteiger partial charge in [-0.25, -0.2) is 10.8 Å². The normalized spacial score (nSPS) is 16.8. The fourth-order valence-electron chi connectivity index (χ4n) is 2.37. The van der Waals surface area contributed by atoms with Crippen LogP contribution < -0.4 is 11.3 Å². The molecule has 1 aliphatic heterocycles. The smallest absolute Gasteiger partial charge is 0.140 e. The summed E-state index contributed by atoms with van der Waals surface area (Å²) < 4.78 is 5.37. The number of hydrogen-bond acceptors (Lipinski definition) is 5. The quantitative estimate of drug-likeness (QED) is 0.638. The van der Waals surface area contributed by atoms with E-state index >= 15 is 0 Å². The third-order valence-corrected chi connectivity index (χ3v) is 3.74. The zero-order valence-electron chi connectivity index (χ0n) is 11.2. The van der Waals surface area contributed by atoms with Crippen LogP contribution in [0.15, 0.2) is 12.1 Å². The molecule has 1 aromatic rings. The molecule has 0 radical (unpaired) electrons. The number of aromatic nitrogens is 1. The lowest BCUT2D eigenvalue weighted by atomic mass is 10.00. The monoisotopic (exact) mass is 284 g/mol. The van der Waals surface area contributed by atoms with E-state index in [0.29, 0.717) is 16.8 Å². The highest BCUT2D eigenvalue weighted by Gasteiger charge is 2.16. The molecule has 2 rings (SSSR count).